The summed E-state index contributed by atoms with van der Waals surface area (Å²) in [6.07, 6.45) is 0. The van der Waals surface area contributed by atoms with Gasteiger partial charge in [-0.15, -0.1) is 0 Å². The molecule has 1 rings (SSSR count). The minimum atomic E-state index is -0.512. The van der Waals surface area contributed by atoms with Crippen LogP contribution in [0, 0.1) is 11.7 Å². The number of benzene rings is 1. The summed E-state index contributed by atoms with van der Waals surface area (Å²) in [5, 5.41) is 2.69. The molecule has 4 nitrogen and oxygen atoms in total. The van der Waals surface area contributed by atoms with Crippen molar-refractivity contribution in [1.29, 1.82) is 0 Å². The number of hydrogen-bond acceptors (Lipinski definition) is 3. The third-order valence-corrected chi connectivity index (χ3v) is 2.39. The molecule has 0 heterocycles. The molecule has 0 radical (unpaired) electrons. The Labute approximate surface area is 112 Å². The van der Waals surface area contributed by atoms with E-state index in [1.165, 1.54) is 19.1 Å². The minimum Gasteiger partial charge on any atom is -0.483 e. The molecule has 0 aromatic heterocycles. The highest BCUT2D eigenvalue weighted by Gasteiger charge is 2.11. The zero-order chi connectivity index (χ0) is 14.4. The van der Waals surface area contributed by atoms with Gasteiger partial charge in [0.25, 0.3) is 5.91 Å². The maximum absolute atomic E-state index is 13.0. The molecular weight excluding hydrogens is 249 g/mol. The SMILES string of the molecule is CC(=O)c1cc(F)ccc1OCC(=O)NCC(C)C. The summed E-state index contributed by atoms with van der Waals surface area (Å²) in [4.78, 5) is 22.8. The van der Waals surface area contributed by atoms with Crippen LogP contribution in [0.3, 0.4) is 0 Å². The lowest BCUT2D eigenvalue weighted by Crippen LogP contribution is -2.31. The van der Waals surface area contributed by atoms with E-state index < -0.39 is 5.82 Å². The molecule has 0 saturated carbocycles. The first-order valence-electron chi connectivity index (χ1n) is 6.10. The quantitative estimate of drug-likeness (QED) is 0.804. The zero-order valence-corrected chi connectivity index (χ0v) is 11.3. The van der Waals surface area contributed by atoms with Gasteiger partial charge < -0.3 is 10.1 Å². The van der Waals surface area contributed by atoms with Gasteiger partial charge in [0, 0.05) is 6.54 Å². The Morgan fingerprint density at radius 2 is 2.05 bits per heavy atom. The maximum atomic E-state index is 13.0. The molecule has 0 atom stereocenters. The van der Waals surface area contributed by atoms with E-state index in [-0.39, 0.29) is 29.6 Å². The normalized spacial score (nSPS) is 10.4. The summed E-state index contributed by atoms with van der Waals surface area (Å²) in [6, 6.07) is 3.64. The molecule has 0 aliphatic carbocycles. The number of amides is 1. The molecule has 1 amide bonds. The Morgan fingerprint density at radius 3 is 2.63 bits per heavy atom. The van der Waals surface area contributed by atoms with Crippen molar-refractivity contribution in [2.75, 3.05) is 13.2 Å². The first-order valence-corrected chi connectivity index (χ1v) is 6.10. The average Bonchev–Trinajstić information content (AvgIpc) is 2.34. The van der Waals surface area contributed by atoms with Crippen molar-refractivity contribution in [3.63, 3.8) is 0 Å². The summed E-state index contributed by atoms with van der Waals surface area (Å²) in [6.45, 7) is 5.65. The van der Waals surface area contributed by atoms with E-state index in [2.05, 4.69) is 5.32 Å². The lowest BCUT2D eigenvalue weighted by molar-refractivity contribution is -0.123. The molecule has 104 valence electrons. The molecule has 0 saturated heterocycles. The van der Waals surface area contributed by atoms with Crippen molar-refractivity contribution in [3.05, 3.63) is 29.6 Å². The number of ether oxygens (including phenoxy) is 1. The third-order valence-electron chi connectivity index (χ3n) is 2.39. The number of ketones is 1. The van der Waals surface area contributed by atoms with Gasteiger partial charge >= 0.3 is 0 Å². The van der Waals surface area contributed by atoms with Gasteiger partial charge in [-0.25, -0.2) is 4.39 Å². The summed E-state index contributed by atoms with van der Waals surface area (Å²) in [5.74, 6) is -0.525. The Bertz CT molecular complexity index is 472. The van der Waals surface area contributed by atoms with E-state index >= 15 is 0 Å². The molecule has 5 heteroatoms. The third kappa shape index (κ3) is 5.07. The van der Waals surface area contributed by atoms with E-state index in [1.807, 2.05) is 13.8 Å². The van der Waals surface area contributed by atoms with Gasteiger partial charge in [0.15, 0.2) is 12.4 Å². The number of carbonyl (C=O) groups excluding carboxylic acids is 2. The highest BCUT2D eigenvalue weighted by molar-refractivity contribution is 5.96. The molecule has 0 unspecified atom stereocenters. The number of Topliss-reactive ketones (excluding diaryl/α,β-unsaturated/α-hetero) is 1. The number of rotatable bonds is 6. The van der Waals surface area contributed by atoms with E-state index in [4.69, 9.17) is 4.74 Å². The largest absolute Gasteiger partial charge is 0.483 e. The van der Waals surface area contributed by atoms with Crippen LogP contribution in [0.4, 0.5) is 4.39 Å². The van der Waals surface area contributed by atoms with Gasteiger partial charge in [-0.05, 0) is 31.0 Å². The monoisotopic (exact) mass is 267 g/mol. The number of hydrogen-bond donors (Lipinski definition) is 1. The second-order valence-corrected chi connectivity index (χ2v) is 4.68. The van der Waals surface area contributed by atoms with Crippen molar-refractivity contribution >= 4 is 11.7 Å². The highest BCUT2D eigenvalue weighted by Crippen LogP contribution is 2.20. The molecule has 0 fully saturated rings. The van der Waals surface area contributed by atoms with E-state index in [0.29, 0.717) is 12.5 Å². The molecule has 0 spiro atoms. The van der Waals surface area contributed by atoms with E-state index in [9.17, 15) is 14.0 Å². The average molecular weight is 267 g/mol. The Morgan fingerprint density at radius 1 is 1.37 bits per heavy atom. The van der Waals surface area contributed by atoms with Crippen LogP contribution in [0.1, 0.15) is 31.1 Å². The molecule has 1 N–H and O–H groups in total. The lowest BCUT2D eigenvalue weighted by Gasteiger charge is -2.11. The standard InChI is InChI=1S/C14H18FNO3/c1-9(2)7-16-14(18)8-19-13-5-4-11(15)6-12(13)10(3)17/h4-6,9H,7-8H2,1-3H3,(H,16,18). The molecule has 1 aromatic rings. The summed E-state index contributed by atoms with van der Waals surface area (Å²) < 4.78 is 18.3. The van der Waals surface area contributed by atoms with Crippen LogP contribution < -0.4 is 10.1 Å². The molecular formula is C14H18FNO3. The van der Waals surface area contributed by atoms with Gasteiger partial charge in [-0.3, -0.25) is 9.59 Å². The van der Waals surface area contributed by atoms with Gasteiger partial charge in [0.1, 0.15) is 11.6 Å². The first kappa shape index (κ1) is 15.1. The van der Waals surface area contributed by atoms with Crippen LogP contribution in [-0.2, 0) is 4.79 Å². The number of carbonyl (C=O) groups is 2. The molecule has 1 aromatic carbocycles. The topological polar surface area (TPSA) is 55.4 Å². The first-order chi connectivity index (χ1) is 8.90. The Balaban J connectivity index is 2.62. The molecule has 19 heavy (non-hydrogen) atoms. The fourth-order valence-electron chi connectivity index (χ4n) is 1.42. The van der Waals surface area contributed by atoms with Crippen LogP contribution >= 0.6 is 0 Å². The molecule has 0 bridgehead atoms. The van der Waals surface area contributed by atoms with Gasteiger partial charge in [-0.2, -0.15) is 0 Å². The predicted molar refractivity (Wildman–Crippen MR) is 69.7 cm³/mol. The maximum Gasteiger partial charge on any atom is 0.257 e. The Kier molecular flexibility index (Phi) is 5.48. The van der Waals surface area contributed by atoms with Crippen LogP contribution in [0.2, 0.25) is 0 Å². The summed E-state index contributed by atoms with van der Waals surface area (Å²) in [7, 11) is 0. The number of nitrogens with one attached hydrogen (secondary N) is 1. The van der Waals surface area contributed by atoms with Gasteiger partial charge in [0.2, 0.25) is 0 Å². The van der Waals surface area contributed by atoms with Crippen molar-refractivity contribution in [1.82, 2.24) is 5.32 Å². The van der Waals surface area contributed by atoms with Crippen LogP contribution in [0.5, 0.6) is 5.75 Å². The fourth-order valence-corrected chi connectivity index (χ4v) is 1.42. The van der Waals surface area contributed by atoms with Crippen LogP contribution in [0.25, 0.3) is 0 Å². The van der Waals surface area contributed by atoms with Crippen molar-refractivity contribution in [3.8, 4) is 5.75 Å². The van der Waals surface area contributed by atoms with Crippen molar-refractivity contribution in [2.45, 2.75) is 20.8 Å². The lowest BCUT2D eigenvalue weighted by atomic mass is 10.1. The second-order valence-electron chi connectivity index (χ2n) is 4.68. The molecule has 0 aliphatic rings. The van der Waals surface area contributed by atoms with E-state index in [0.717, 1.165) is 6.07 Å². The summed E-state index contributed by atoms with van der Waals surface area (Å²) >= 11 is 0. The highest BCUT2D eigenvalue weighted by atomic mass is 19.1. The minimum absolute atomic E-state index is 0.136. The van der Waals surface area contributed by atoms with E-state index in [1.54, 1.807) is 0 Å². The molecule has 0 aliphatic heterocycles. The smallest absolute Gasteiger partial charge is 0.257 e. The van der Waals surface area contributed by atoms with Crippen LogP contribution in [0.15, 0.2) is 18.2 Å². The Hall–Kier alpha value is -1.91. The van der Waals surface area contributed by atoms with Crippen LogP contribution in [-0.4, -0.2) is 24.8 Å². The second kappa shape index (κ2) is 6.87. The van der Waals surface area contributed by atoms with Gasteiger partial charge in [0.05, 0.1) is 5.56 Å². The van der Waals surface area contributed by atoms with Gasteiger partial charge in [-0.1, -0.05) is 13.8 Å². The zero-order valence-electron chi connectivity index (χ0n) is 11.3. The van der Waals surface area contributed by atoms with Crippen molar-refractivity contribution in [2.24, 2.45) is 5.92 Å². The van der Waals surface area contributed by atoms with Crippen molar-refractivity contribution < 1.29 is 18.7 Å². The fraction of sp³-hybridized carbons (Fsp3) is 0.429. The summed E-state index contributed by atoms with van der Waals surface area (Å²) in [5.41, 5.74) is 0.136. The number of halogens is 1. The predicted octanol–water partition coefficient (Wildman–Crippen LogP) is 2.18.